The van der Waals surface area contributed by atoms with E-state index in [1.807, 2.05) is 0 Å². The van der Waals surface area contributed by atoms with E-state index in [-0.39, 0.29) is 11.0 Å². The number of ether oxygens (including phenoxy) is 1. The van der Waals surface area contributed by atoms with Crippen molar-refractivity contribution in [3.05, 3.63) is 27.8 Å². The molecule has 1 heteroatoms. The average molecular weight is 246 g/mol. The Morgan fingerprint density at radius 2 is 1.50 bits per heavy atom. The monoisotopic (exact) mass is 246 g/mol. The first-order chi connectivity index (χ1) is 8.04. The van der Waals surface area contributed by atoms with E-state index in [1.54, 1.807) is 0 Å². The minimum Gasteiger partial charge on any atom is -0.487 e. The van der Waals surface area contributed by atoms with Crippen molar-refractivity contribution in [2.45, 2.75) is 72.8 Å². The molecule has 1 heterocycles. The van der Waals surface area contributed by atoms with Crippen molar-refractivity contribution in [2.75, 3.05) is 0 Å². The standard InChI is InChI=1S/C17H26O/c1-10-11(2)15-13(9-17(7,8)18-15)12(3)14(10)16(4,5)6/h9H2,1-8H3. The van der Waals surface area contributed by atoms with E-state index in [0.29, 0.717) is 0 Å². The summed E-state index contributed by atoms with van der Waals surface area (Å²) in [6.07, 6.45) is 1.03. The molecule has 0 atom stereocenters. The quantitative estimate of drug-likeness (QED) is 0.649. The molecular weight excluding hydrogens is 220 g/mol. The smallest absolute Gasteiger partial charge is 0.126 e. The highest BCUT2D eigenvalue weighted by molar-refractivity contribution is 5.58. The third-order valence-corrected chi connectivity index (χ3v) is 4.11. The fraction of sp³-hybridized carbons (Fsp3) is 0.647. The van der Waals surface area contributed by atoms with Crippen molar-refractivity contribution in [3.8, 4) is 5.75 Å². The molecule has 0 radical (unpaired) electrons. The van der Waals surface area contributed by atoms with E-state index in [4.69, 9.17) is 4.74 Å². The van der Waals surface area contributed by atoms with Crippen LogP contribution < -0.4 is 4.74 Å². The molecule has 0 unspecified atom stereocenters. The molecule has 1 nitrogen and oxygen atoms in total. The van der Waals surface area contributed by atoms with Crippen LogP contribution in [-0.4, -0.2) is 5.60 Å². The number of benzene rings is 1. The van der Waals surface area contributed by atoms with E-state index < -0.39 is 0 Å². The fourth-order valence-corrected chi connectivity index (χ4v) is 3.40. The van der Waals surface area contributed by atoms with Crippen LogP contribution >= 0.6 is 0 Å². The van der Waals surface area contributed by atoms with Crippen LogP contribution in [0.1, 0.15) is 62.4 Å². The molecule has 0 amide bonds. The van der Waals surface area contributed by atoms with Crippen molar-refractivity contribution >= 4 is 0 Å². The van der Waals surface area contributed by atoms with Gasteiger partial charge in [-0.15, -0.1) is 0 Å². The molecule has 0 aliphatic carbocycles. The Morgan fingerprint density at radius 3 is 2.00 bits per heavy atom. The zero-order valence-electron chi connectivity index (χ0n) is 13.1. The van der Waals surface area contributed by atoms with Gasteiger partial charge in [0.2, 0.25) is 0 Å². The number of rotatable bonds is 0. The van der Waals surface area contributed by atoms with E-state index in [9.17, 15) is 0 Å². The van der Waals surface area contributed by atoms with Crippen LogP contribution in [-0.2, 0) is 11.8 Å². The van der Waals surface area contributed by atoms with Crippen molar-refractivity contribution in [1.82, 2.24) is 0 Å². The summed E-state index contributed by atoms with van der Waals surface area (Å²) in [6, 6.07) is 0. The highest BCUT2D eigenvalue weighted by Crippen LogP contribution is 2.45. The Hall–Kier alpha value is -0.980. The molecule has 1 aromatic rings. The fourth-order valence-electron chi connectivity index (χ4n) is 3.40. The maximum atomic E-state index is 6.15. The maximum Gasteiger partial charge on any atom is 0.126 e. The van der Waals surface area contributed by atoms with Gasteiger partial charge in [0.15, 0.2) is 0 Å². The van der Waals surface area contributed by atoms with Gasteiger partial charge in [0.1, 0.15) is 11.4 Å². The lowest BCUT2D eigenvalue weighted by atomic mass is 9.77. The maximum absolute atomic E-state index is 6.15. The minimum absolute atomic E-state index is 0.0548. The van der Waals surface area contributed by atoms with Crippen LogP contribution in [0, 0.1) is 20.8 Å². The molecule has 0 saturated heterocycles. The highest BCUT2D eigenvalue weighted by atomic mass is 16.5. The van der Waals surface area contributed by atoms with E-state index in [0.717, 1.165) is 12.2 Å². The Labute approximate surface area is 112 Å². The molecule has 1 aromatic carbocycles. The van der Waals surface area contributed by atoms with Gasteiger partial charge in [-0.05, 0) is 62.3 Å². The van der Waals surface area contributed by atoms with Crippen LogP contribution in [0.4, 0.5) is 0 Å². The van der Waals surface area contributed by atoms with Crippen molar-refractivity contribution in [3.63, 3.8) is 0 Å². The predicted octanol–water partition coefficient (Wildman–Crippen LogP) is 4.62. The molecule has 18 heavy (non-hydrogen) atoms. The zero-order valence-corrected chi connectivity index (χ0v) is 13.1. The van der Waals surface area contributed by atoms with E-state index in [2.05, 4.69) is 55.4 Å². The Kier molecular flexibility index (Phi) is 2.81. The van der Waals surface area contributed by atoms with Gasteiger partial charge < -0.3 is 4.74 Å². The van der Waals surface area contributed by atoms with Gasteiger partial charge in [0.25, 0.3) is 0 Å². The molecule has 100 valence electrons. The molecule has 1 aliphatic rings. The molecule has 0 aromatic heterocycles. The lowest BCUT2D eigenvalue weighted by molar-refractivity contribution is 0.137. The first-order valence-corrected chi connectivity index (χ1v) is 6.87. The van der Waals surface area contributed by atoms with Crippen LogP contribution in [0.2, 0.25) is 0 Å². The van der Waals surface area contributed by atoms with Crippen molar-refractivity contribution in [2.24, 2.45) is 0 Å². The SMILES string of the molecule is Cc1c(C)c(C(C)(C)C)c(C)c2c1OC(C)(C)C2. The molecule has 0 N–H and O–H groups in total. The van der Waals surface area contributed by atoms with Gasteiger partial charge in [-0.2, -0.15) is 0 Å². The van der Waals surface area contributed by atoms with Crippen molar-refractivity contribution < 1.29 is 4.74 Å². The van der Waals surface area contributed by atoms with Gasteiger partial charge in [-0.25, -0.2) is 0 Å². The van der Waals surface area contributed by atoms with Gasteiger partial charge in [0.05, 0.1) is 0 Å². The second kappa shape index (κ2) is 3.76. The number of hydrogen-bond donors (Lipinski definition) is 0. The summed E-state index contributed by atoms with van der Waals surface area (Å²) in [7, 11) is 0. The van der Waals surface area contributed by atoms with Crippen LogP contribution in [0.25, 0.3) is 0 Å². The number of hydrogen-bond acceptors (Lipinski definition) is 1. The Bertz CT molecular complexity index is 502. The molecule has 0 saturated carbocycles. The molecular formula is C17H26O. The summed E-state index contributed by atoms with van der Waals surface area (Å²) in [5.41, 5.74) is 7.23. The molecule has 1 aliphatic heterocycles. The number of fused-ring (bicyclic) bond motifs is 1. The molecule has 0 bridgehead atoms. The predicted molar refractivity (Wildman–Crippen MR) is 77.8 cm³/mol. The first kappa shape index (κ1) is 13.5. The summed E-state index contributed by atoms with van der Waals surface area (Å²) in [5, 5.41) is 0. The lowest BCUT2D eigenvalue weighted by Gasteiger charge is -2.27. The summed E-state index contributed by atoms with van der Waals surface area (Å²) in [5.74, 6) is 1.14. The van der Waals surface area contributed by atoms with Gasteiger partial charge >= 0.3 is 0 Å². The van der Waals surface area contributed by atoms with Crippen LogP contribution in [0.3, 0.4) is 0 Å². The lowest BCUT2D eigenvalue weighted by Crippen LogP contribution is -2.25. The summed E-state index contributed by atoms with van der Waals surface area (Å²) >= 11 is 0. The Morgan fingerprint density at radius 1 is 0.944 bits per heavy atom. The van der Waals surface area contributed by atoms with Crippen molar-refractivity contribution in [1.29, 1.82) is 0 Å². The van der Waals surface area contributed by atoms with E-state index in [1.165, 1.54) is 27.8 Å². The molecule has 2 rings (SSSR count). The van der Waals surface area contributed by atoms with Gasteiger partial charge in [-0.1, -0.05) is 20.8 Å². The zero-order chi connectivity index (χ0) is 13.9. The summed E-state index contributed by atoms with van der Waals surface area (Å²) in [4.78, 5) is 0. The Balaban J connectivity index is 2.74. The highest BCUT2D eigenvalue weighted by Gasteiger charge is 2.35. The summed E-state index contributed by atoms with van der Waals surface area (Å²) in [6.45, 7) is 18.0. The third kappa shape index (κ3) is 1.94. The van der Waals surface area contributed by atoms with E-state index >= 15 is 0 Å². The largest absolute Gasteiger partial charge is 0.487 e. The second-order valence-corrected chi connectivity index (χ2v) is 7.35. The second-order valence-electron chi connectivity index (χ2n) is 7.35. The normalized spacial score (nSPS) is 17.6. The van der Waals surface area contributed by atoms with Crippen LogP contribution in [0.5, 0.6) is 5.75 Å². The average Bonchev–Trinajstić information content (AvgIpc) is 2.49. The molecule has 0 spiro atoms. The summed E-state index contributed by atoms with van der Waals surface area (Å²) < 4.78 is 6.15. The molecule has 0 fully saturated rings. The van der Waals surface area contributed by atoms with Gasteiger partial charge in [-0.3, -0.25) is 0 Å². The third-order valence-electron chi connectivity index (χ3n) is 4.11. The first-order valence-electron chi connectivity index (χ1n) is 6.87. The topological polar surface area (TPSA) is 9.23 Å². The van der Waals surface area contributed by atoms with Crippen LogP contribution in [0.15, 0.2) is 0 Å². The minimum atomic E-state index is -0.0548. The van der Waals surface area contributed by atoms with Gasteiger partial charge in [0, 0.05) is 12.0 Å².